The van der Waals surface area contributed by atoms with Crippen molar-refractivity contribution in [2.75, 3.05) is 26.2 Å². The van der Waals surface area contributed by atoms with Crippen LogP contribution in [0.1, 0.15) is 40.0 Å². The van der Waals surface area contributed by atoms with Gasteiger partial charge in [0.05, 0.1) is 13.1 Å². The fourth-order valence-electron chi connectivity index (χ4n) is 2.00. The third-order valence-corrected chi connectivity index (χ3v) is 2.78. The van der Waals surface area contributed by atoms with Crippen molar-refractivity contribution >= 4 is 11.8 Å². The third-order valence-electron chi connectivity index (χ3n) is 2.78. The largest absolute Gasteiger partial charge is 0.350 e. The molecule has 5 heteroatoms. The molecule has 0 aromatic rings. The molecule has 1 aliphatic heterocycles. The maximum atomic E-state index is 11.8. The smallest absolute Gasteiger partial charge is 0.236 e. The van der Waals surface area contributed by atoms with Crippen LogP contribution in [0.5, 0.6) is 0 Å². The van der Waals surface area contributed by atoms with E-state index in [2.05, 4.69) is 10.6 Å². The lowest BCUT2D eigenvalue weighted by Crippen LogP contribution is -2.47. The van der Waals surface area contributed by atoms with Gasteiger partial charge < -0.3 is 10.2 Å². The Bertz CT molecular complexity index is 291. The van der Waals surface area contributed by atoms with Crippen LogP contribution in [0.25, 0.3) is 0 Å². The molecule has 0 unspecified atom stereocenters. The maximum absolute atomic E-state index is 11.8. The van der Waals surface area contributed by atoms with Gasteiger partial charge in [-0.25, -0.2) is 0 Å². The molecule has 1 rings (SSSR count). The van der Waals surface area contributed by atoms with E-state index < -0.39 is 0 Å². The molecule has 2 amide bonds. The van der Waals surface area contributed by atoms with Crippen molar-refractivity contribution in [3.63, 3.8) is 0 Å². The fourth-order valence-corrected chi connectivity index (χ4v) is 2.00. The Morgan fingerprint density at radius 3 is 2.22 bits per heavy atom. The van der Waals surface area contributed by atoms with Gasteiger partial charge >= 0.3 is 0 Å². The van der Waals surface area contributed by atoms with Crippen molar-refractivity contribution in [1.29, 1.82) is 0 Å². The van der Waals surface area contributed by atoms with Gasteiger partial charge in [-0.3, -0.25) is 14.9 Å². The first kappa shape index (κ1) is 15.0. The van der Waals surface area contributed by atoms with Crippen LogP contribution in [0.2, 0.25) is 0 Å². The van der Waals surface area contributed by atoms with Gasteiger partial charge in [-0.1, -0.05) is 0 Å². The molecule has 104 valence electrons. The monoisotopic (exact) mass is 255 g/mol. The summed E-state index contributed by atoms with van der Waals surface area (Å²) in [5, 5.41) is 5.75. The molecular formula is C13H25N3O2. The Kier molecular flexibility index (Phi) is 5.59. The highest BCUT2D eigenvalue weighted by Gasteiger charge is 2.17. The summed E-state index contributed by atoms with van der Waals surface area (Å²) in [6.07, 6.45) is 3.40. The lowest BCUT2D eigenvalue weighted by molar-refractivity contribution is -0.131. The highest BCUT2D eigenvalue weighted by Crippen LogP contribution is 2.08. The molecule has 2 N–H and O–H groups in total. The summed E-state index contributed by atoms with van der Waals surface area (Å²) in [6, 6.07) is 0. The van der Waals surface area contributed by atoms with E-state index in [1.807, 2.05) is 25.7 Å². The molecule has 0 saturated carbocycles. The Hall–Kier alpha value is -1.10. The molecule has 1 aliphatic rings. The van der Waals surface area contributed by atoms with Crippen LogP contribution in [0.15, 0.2) is 0 Å². The average Bonchev–Trinajstić information content (AvgIpc) is 2.27. The second-order valence-corrected chi connectivity index (χ2v) is 5.84. The summed E-state index contributed by atoms with van der Waals surface area (Å²) in [5.74, 6) is 0.0206. The van der Waals surface area contributed by atoms with Crippen LogP contribution in [0.4, 0.5) is 0 Å². The van der Waals surface area contributed by atoms with Crippen molar-refractivity contribution in [2.24, 2.45) is 0 Å². The normalized spacial score (nSPS) is 16.5. The van der Waals surface area contributed by atoms with Gasteiger partial charge in [-0.15, -0.1) is 0 Å². The van der Waals surface area contributed by atoms with Gasteiger partial charge in [0.1, 0.15) is 0 Å². The first-order valence-corrected chi connectivity index (χ1v) is 6.68. The van der Waals surface area contributed by atoms with Crippen molar-refractivity contribution < 1.29 is 9.59 Å². The molecule has 1 heterocycles. The molecular weight excluding hydrogens is 230 g/mol. The van der Waals surface area contributed by atoms with Gasteiger partial charge in [-0.2, -0.15) is 0 Å². The number of likely N-dealkylation sites (tertiary alicyclic amines) is 1. The zero-order valence-electron chi connectivity index (χ0n) is 11.7. The van der Waals surface area contributed by atoms with Crippen LogP contribution in [-0.4, -0.2) is 48.4 Å². The fraction of sp³-hybridized carbons (Fsp3) is 0.846. The minimum Gasteiger partial charge on any atom is -0.350 e. The van der Waals surface area contributed by atoms with E-state index in [0.717, 1.165) is 25.9 Å². The molecule has 1 saturated heterocycles. The standard InChI is InChI=1S/C13H25N3O2/c1-13(2,3)15-11(17)9-14-10-12(18)16-7-5-4-6-8-16/h14H,4-10H2,1-3H3,(H,15,17). The van der Waals surface area contributed by atoms with Crippen molar-refractivity contribution in [3.8, 4) is 0 Å². The van der Waals surface area contributed by atoms with Gasteiger partial charge in [-0.05, 0) is 40.0 Å². The number of rotatable bonds is 4. The summed E-state index contributed by atoms with van der Waals surface area (Å²) in [5.41, 5.74) is -0.227. The molecule has 0 radical (unpaired) electrons. The number of carbonyl (C=O) groups is 2. The van der Waals surface area contributed by atoms with Crippen LogP contribution in [-0.2, 0) is 9.59 Å². The van der Waals surface area contributed by atoms with Crippen molar-refractivity contribution in [2.45, 2.75) is 45.6 Å². The Morgan fingerprint density at radius 2 is 1.67 bits per heavy atom. The van der Waals surface area contributed by atoms with Crippen LogP contribution in [0.3, 0.4) is 0 Å². The van der Waals surface area contributed by atoms with Crippen molar-refractivity contribution in [1.82, 2.24) is 15.5 Å². The number of hydrogen-bond donors (Lipinski definition) is 2. The summed E-state index contributed by atoms with van der Waals surface area (Å²) in [7, 11) is 0. The van der Waals surface area contributed by atoms with E-state index >= 15 is 0 Å². The number of piperidine rings is 1. The zero-order valence-corrected chi connectivity index (χ0v) is 11.7. The predicted octanol–water partition coefficient (Wildman–Crippen LogP) is 0.503. The molecule has 1 fully saturated rings. The summed E-state index contributed by atoms with van der Waals surface area (Å²) >= 11 is 0. The quantitative estimate of drug-likeness (QED) is 0.769. The Balaban J connectivity index is 2.17. The summed E-state index contributed by atoms with van der Waals surface area (Å²) in [4.78, 5) is 25.2. The van der Waals surface area contributed by atoms with Gasteiger partial charge in [0.15, 0.2) is 0 Å². The molecule has 0 bridgehead atoms. The van der Waals surface area contributed by atoms with Crippen LogP contribution < -0.4 is 10.6 Å². The Labute approximate surface area is 109 Å². The zero-order chi connectivity index (χ0) is 13.6. The third kappa shape index (κ3) is 6.00. The van der Waals surface area contributed by atoms with E-state index in [4.69, 9.17) is 0 Å². The second kappa shape index (κ2) is 6.73. The molecule has 5 nitrogen and oxygen atoms in total. The van der Waals surface area contributed by atoms with E-state index in [9.17, 15) is 9.59 Å². The summed E-state index contributed by atoms with van der Waals surface area (Å²) < 4.78 is 0. The molecule has 0 atom stereocenters. The van der Waals surface area contributed by atoms with Crippen molar-refractivity contribution in [3.05, 3.63) is 0 Å². The summed E-state index contributed by atoms with van der Waals surface area (Å²) in [6.45, 7) is 7.95. The van der Waals surface area contributed by atoms with Gasteiger partial charge in [0.25, 0.3) is 0 Å². The SMILES string of the molecule is CC(C)(C)NC(=O)CNCC(=O)N1CCCCC1. The number of nitrogens with zero attached hydrogens (tertiary/aromatic N) is 1. The van der Waals surface area contributed by atoms with Gasteiger partial charge in [0.2, 0.25) is 11.8 Å². The molecule has 0 aromatic heterocycles. The van der Waals surface area contributed by atoms with E-state index in [0.29, 0.717) is 0 Å². The lowest BCUT2D eigenvalue weighted by atomic mass is 10.1. The molecule has 18 heavy (non-hydrogen) atoms. The van der Waals surface area contributed by atoms with E-state index in [-0.39, 0.29) is 30.4 Å². The predicted molar refractivity (Wildman–Crippen MR) is 71.2 cm³/mol. The first-order chi connectivity index (χ1) is 8.38. The number of amides is 2. The highest BCUT2D eigenvalue weighted by atomic mass is 16.2. The molecule has 0 spiro atoms. The molecule has 0 aliphatic carbocycles. The molecule has 0 aromatic carbocycles. The first-order valence-electron chi connectivity index (χ1n) is 6.68. The number of carbonyl (C=O) groups excluding carboxylic acids is 2. The van der Waals surface area contributed by atoms with Crippen LogP contribution in [0, 0.1) is 0 Å². The second-order valence-electron chi connectivity index (χ2n) is 5.84. The minimum absolute atomic E-state index is 0.0751. The van der Waals surface area contributed by atoms with Crippen LogP contribution >= 0.6 is 0 Å². The Morgan fingerprint density at radius 1 is 1.06 bits per heavy atom. The van der Waals surface area contributed by atoms with E-state index in [1.165, 1.54) is 6.42 Å². The topological polar surface area (TPSA) is 61.4 Å². The van der Waals surface area contributed by atoms with Gasteiger partial charge in [0, 0.05) is 18.6 Å². The van der Waals surface area contributed by atoms with E-state index in [1.54, 1.807) is 0 Å². The maximum Gasteiger partial charge on any atom is 0.236 e. The highest BCUT2D eigenvalue weighted by molar-refractivity contribution is 5.81. The average molecular weight is 255 g/mol. The number of hydrogen-bond acceptors (Lipinski definition) is 3. The minimum atomic E-state index is -0.227. The number of nitrogens with one attached hydrogen (secondary N) is 2. The lowest BCUT2D eigenvalue weighted by Gasteiger charge is -2.27.